The zero-order valence-electron chi connectivity index (χ0n) is 38.6. The van der Waals surface area contributed by atoms with Crippen LogP contribution >= 0.6 is 0 Å². The molecule has 0 amide bonds. The van der Waals surface area contributed by atoms with E-state index in [4.69, 9.17) is 28.4 Å². The first-order chi connectivity index (χ1) is 29.4. The molecule has 1 aliphatic heterocycles. The molecule has 0 aliphatic carbocycles. The molecule has 1 saturated heterocycles. The monoisotopic (exact) mass is 846 g/mol. The van der Waals surface area contributed by atoms with Crippen molar-refractivity contribution < 1.29 is 42.8 Å². The van der Waals surface area contributed by atoms with Crippen LogP contribution in [0.15, 0.2) is 48.6 Å². The van der Waals surface area contributed by atoms with Crippen LogP contribution < -0.4 is 0 Å². The van der Waals surface area contributed by atoms with Crippen molar-refractivity contribution in [2.24, 2.45) is 11.8 Å². The predicted molar refractivity (Wildman–Crippen MR) is 244 cm³/mol. The minimum atomic E-state index is -0.766. The highest BCUT2D eigenvalue weighted by Gasteiger charge is 2.24. The molecule has 0 radical (unpaired) electrons. The normalized spacial score (nSPS) is 15.3. The van der Waals surface area contributed by atoms with E-state index >= 15 is 0 Å². The summed E-state index contributed by atoms with van der Waals surface area (Å²) in [6.07, 6.45) is 38.6. The maximum atomic E-state index is 13.0. The van der Waals surface area contributed by atoms with Crippen molar-refractivity contribution in [1.82, 2.24) is 4.90 Å². The number of unbranched alkanes of at least 4 members (excludes halogenated alkanes) is 12. The van der Waals surface area contributed by atoms with Crippen LogP contribution in [0.5, 0.6) is 0 Å². The summed E-state index contributed by atoms with van der Waals surface area (Å²) in [6, 6.07) is 0. The summed E-state index contributed by atoms with van der Waals surface area (Å²) >= 11 is 0. The van der Waals surface area contributed by atoms with E-state index in [1.54, 1.807) is 0 Å². The van der Waals surface area contributed by atoms with Gasteiger partial charge in [-0.05, 0) is 109 Å². The van der Waals surface area contributed by atoms with Crippen LogP contribution in [0.2, 0.25) is 0 Å². The molecule has 2 unspecified atom stereocenters. The highest BCUT2D eigenvalue weighted by Crippen LogP contribution is 2.17. The third-order valence-corrected chi connectivity index (χ3v) is 10.5. The van der Waals surface area contributed by atoms with Crippen molar-refractivity contribution in [3.63, 3.8) is 0 Å². The van der Waals surface area contributed by atoms with Gasteiger partial charge in [0.1, 0.15) is 19.8 Å². The summed E-state index contributed by atoms with van der Waals surface area (Å²) in [5.74, 6) is -0.954. The minimum Gasteiger partial charge on any atom is -0.465 e. The molecule has 10 nitrogen and oxygen atoms in total. The molecule has 0 aromatic carbocycles. The lowest BCUT2D eigenvalue weighted by atomic mass is 10.1. The molecule has 1 rings (SSSR count). The first-order valence-corrected chi connectivity index (χ1v) is 24.1. The molecule has 0 aromatic rings. The molecule has 2 atom stereocenters. The van der Waals surface area contributed by atoms with E-state index in [0.29, 0.717) is 32.7 Å². The molecule has 0 spiro atoms. The Kier molecular flexibility index (Phi) is 38.0. The molecule has 60 heavy (non-hydrogen) atoms. The molecule has 0 N–H and O–H groups in total. The fourth-order valence-corrected chi connectivity index (χ4v) is 6.72. The second-order valence-corrected chi connectivity index (χ2v) is 16.1. The molecule has 0 saturated carbocycles. The SMILES string of the molecule is CC/C=C\CCCCOC(CCC(=O)OCC(COC(=O)CCCCCCC/C=C\C/C=C\CCCCC)COC(=O)OCC1CCN(CC)C1)OCCCC/C=C\CC. The number of hydrogen-bond donors (Lipinski definition) is 0. The summed E-state index contributed by atoms with van der Waals surface area (Å²) in [7, 11) is 0. The molecular formula is C50H87NO9. The van der Waals surface area contributed by atoms with E-state index in [1.807, 2.05) is 0 Å². The summed E-state index contributed by atoms with van der Waals surface area (Å²) in [4.78, 5) is 40.5. The van der Waals surface area contributed by atoms with Gasteiger partial charge in [-0.15, -0.1) is 0 Å². The Hall–Kier alpha value is -2.95. The van der Waals surface area contributed by atoms with Gasteiger partial charge in [0.05, 0.1) is 18.9 Å². The molecule has 1 fully saturated rings. The zero-order chi connectivity index (χ0) is 43.6. The first kappa shape index (κ1) is 55.1. The fraction of sp³-hybridized carbons (Fsp3) is 0.780. The lowest BCUT2D eigenvalue weighted by molar-refractivity contribution is -0.161. The Bertz CT molecular complexity index is 1130. The standard InChI is InChI=1S/C50H87NO9/c1-5-9-12-15-18-19-20-21-22-23-24-25-26-27-30-33-47(52)57-42-46(44-60-50(54)59-41-45-36-37-51(8-4)40-45)43-58-48(53)34-35-49(55-38-31-28-16-13-10-6-2)56-39-32-29-17-14-11-7-3/h10-11,13-14,18-19,21-22,45-46,49H,5-9,12,15-17,20,23-44H2,1-4H3/b13-10-,14-11-,19-18-,22-21-. The van der Waals surface area contributed by atoms with Crippen LogP contribution in [0.1, 0.15) is 175 Å². The number of rotatable bonds is 40. The Labute approximate surface area is 366 Å². The lowest BCUT2D eigenvalue weighted by Gasteiger charge is -2.20. The maximum Gasteiger partial charge on any atom is 0.508 e. The van der Waals surface area contributed by atoms with Gasteiger partial charge < -0.3 is 33.3 Å². The number of allylic oxidation sites excluding steroid dienone is 8. The van der Waals surface area contributed by atoms with Crippen molar-refractivity contribution in [1.29, 1.82) is 0 Å². The van der Waals surface area contributed by atoms with Crippen molar-refractivity contribution >= 4 is 18.1 Å². The van der Waals surface area contributed by atoms with E-state index in [-0.39, 0.29) is 38.1 Å². The van der Waals surface area contributed by atoms with Gasteiger partial charge in [0, 0.05) is 38.5 Å². The maximum absolute atomic E-state index is 13.0. The van der Waals surface area contributed by atoms with Crippen molar-refractivity contribution in [2.45, 2.75) is 182 Å². The van der Waals surface area contributed by atoms with Gasteiger partial charge in [0.25, 0.3) is 0 Å². The Balaban J connectivity index is 2.54. The average Bonchev–Trinajstić information content (AvgIpc) is 3.73. The third-order valence-electron chi connectivity index (χ3n) is 10.5. The Morgan fingerprint density at radius 2 is 1.12 bits per heavy atom. The van der Waals surface area contributed by atoms with Crippen LogP contribution in [0.4, 0.5) is 4.79 Å². The second kappa shape index (κ2) is 41.4. The molecule has 1 heterocycles. The molecule has 10 heteroatoms. The van der Waals surface area contributed by atoms with E-state index in [9.17, 15) is 14.4 Å². The van der Waals surface area contributed by atoms with E-state index in [2.05, 4.69) is 81.2 Å². The topological polar surface area (TPSA) is 110 Å². The molecule has 346 valence electrons. The van der Waals surface area contributed by atoms with Gasteiger partial charge in [0.15, 0.2) is 6.29 Å². The summed E-state index contributed by atoms with van der Waals surface area (Å²) < 4.78 is 34.2. The van der Waals surface area contributed by atoms with Gasteiger partial charge in [-0.2, -0.15) is 0 Å². The number of esters is 2. The molecule has 0 aromatic heterocycles. The van der Waals surface area contributed by atoms with Gasteiger partial charge in [-0.1, -0.05) is 108 Å². The molecule has 0 bridgehead atoms. The lowest BCUT2D eigenvalue weighted by Crippen LogP contribution is -2.28. The third kappa shape index (κ3) is 34.7. The predicted octanol–water partition coefficient (Wildman–Crippen LogP) is 12.4. The van der Waals surface area contributed by atoms with Crippen LogP contribution in [0.3, 0.4) is 0 Å². The summed E-state index contributed by atoms with van der Waals surface area (Å²) in [6.45, 7) is 12.7. The smallest absolute Gasteiger partial charge is 0.465 e. The number of carbonyl (C=O) groups excluding carboxylic acids is 3. The number of nitrogens with zero attached hydrogens (tertiary/aromatic N) is 1. The van der Waals surface area contributed by atoms with Gasteiger partial charge >= 0.3 is 18.1 Å². The quantitative estimate of drug-likeness (QED) is 0.0194. The minimum absolute atomic E-state index is 0.0243. The Morgan fingerprint density at radius 3 is 1.70 bits per heavy atom. The highest BCUT2D eigenvalue weighted by molar-refractivity contribution is 5.69. The zero-order valence-corrected chi connectivity index (χ0v) is 38.6. The highest BCUT2D eigenvalue weighted by atomic mass is 16.7. The van der Waals surface area contributed by atoms with E-state index < -0.39 is 24.3 Å². The molecular weight excluding hydrogens is 759 g/mol. The van der Waals surface area contributed by atoms with E-state index in [1.165, 1.54) is 25.7 Å². The van der Waals surface area contributed by atoms with Crippen LogP contribution in [-0.4, -0.2) is 88.6 Å². The van der Waals surface area contributed by atoms with Gasteiger partial charge in [0.2, 0.25) is 0 Å². The van der Waals surface area contributed by atoms with Crippen molar-refractivity contribution in [3.8, 4) is 0 Å². The number of likely N-dealkylation sites (tertiary alicyclic amines) is 1. The summed E-state index contributed by atoms with van der Waals surface area (Å²) in [5, 5.41) is 0. The van der Waals surface area contributed by atoms with Gasteiger partial charge in [-0.25, -0.2) is 4.79 Å². The van der Waals surface area contributed by atoms with Crippen LogP contribution in [0.25, 0.3) is 0 Å². The first-order valence-electron chi connectivity index (χ1n) is 24.1. The van der Waals surface area contributed by atoms with Crippen molar-refractivity contribution in [2.75, 3.05) is 59.3 Å². The molecule has 1 aliphatic rings. The van der Waals surface area contributed by atoms with Crippen LogP contribution in [-0.2, 0) is 38.0 Å². The Morgan fingerprint density at radius 1 is 0.583 bits per heavy atom. The number of hydrogen-bond acceptors (Lipinski definition) is 10. The number of ether oxygens (including phenoxy) is 6. The van der Waals surface area contributed by atoms with Crippen LogP contribution in [0, 0.1) is 11.8 Å². The fourth-order valence-electron chi connectivity index (χ4n) is 6.72. The average molecular weight is 846 g/mol. The van der Waals surface area contributed by atoms with Crippen molar-refractivity contribution in [3.05, 3.63) is 48.6 Å². The summed E-state index contributed by atoms with van der Waals surface area (Å²) in [5.41, 5.74) is 0. The number of carbonyl (C=O) groups is 3. The largest absolute Gasteiger partial charge is 0.508 e. The van der Waals surface area contributed by atoms with Gasteiger partial charge in [-0.3, -0.25) is 9.59 Å². The second-order valence-electron chi connectivity index (χ2n) is 16.1. The van der Waals surface area contributed by atoms with E-state index in [0.717, 1.165) is 122 Å².